The number of thioether (sulfide) groups is 1. The summed E-state index contributed by atoms with van der Waals surface area (Å²) in [6.07, 6.45) is 1.03. The van der Waals surface area contributed by atoms with Crippen molar-refractivity contribution in [1.29, 1.82) is 0 Å². The summed E-state index contributed by atoms with van der Waals surface area (Å²) in [5, 5.41) is 10.8. The molecule has 1 unspecified atom stereocenters. The molecule has 0 aliphatic rings. The molecule has 70 valence electrons. The van der Waals surface area contributed by atoms with Gasteiger partial charge in [-0.2, -0.15) is 11.8 Å². The Kier molecular flexibility index (Phi) is 5.27. The highest BCUT2D eigenvalue weighted by atomic mass is 32.2. The van der Waals surface area contributed by atoms with Crippen molar-refractivity contribution in [2.24, 2.45) is 0 Å². The summed E-state index contributed by atoms with van der Waals surface area (Å²) in [7, 11) is 1.19. The Labute approximate surface area is 74.5 Å². The van der Waals surface area contributed by atoms with Crippen LogP contribution in [-0.2, 0) is 9.53 Å². The monoisotopic (exact) mass is 193 g/mol. The quantitative estimate of drug-likeness (QED) is 0.665. The second-order valence-corrected chi connectivity index (χ2v) is 2.89. The maximum Gasteiger partial charge on any atom is 0.407 e. The molecule has 0 heterocycles. The molecule has 0 aliphatic carbocycles. The predicted octanol–water partition coefficient (Wildman–Crippen LogP) is 0.159. The van der Waals surface area contributed by atoms with Crippen molar-refractivity contribution in [3.63, 3.8) is 0 Å². The highest BCUT2D eigenvalue weighted by Gasteiger charge is 2.18. The molecule has 1 atom stereocenters. The van der Waals surface area contributed by atoms with Crippen molar-refractivity contribution < 1.29 is 19.4 Å². The van der Waals surface area contributed by atoms with Gasteiger partial charge < -0.3 is 15.2 Å². The number of carbonyl (C=O) groups is 2. The number of ether oxygens (including phenoxy) is 1. The first-order valence-electron chi connectivity index (χ1n) is 3.18. The number of alkyl carbamates (subject to hydrolysis) is 1. The van der Waals surface area contributed by atoms with Gasteiger partial charge in [-0.05, 0) is 6.26 Å². The first-order valence-corrected chi connectivity index (χ1v) is 4.57. The maximum absolute atomic E-state index is 10.6. The number of hydrogen-bond acceptors (Lipinski definition) is 4. The number of aliphatic carboxylic acids is 1. The number of hydrogen-bond donors (Lipinski definition) is 2. The van der Waals surface area contributed by atoms with Gasteiger partial charge in [0.2, 0.25) is 0 Å². The third-order valence-corrected chi connectivity index (χ3v) is 1.78. The molecule has 0 bridgehead atoms. The van der Waals surface area contributed by atoms with Gasteiger partial charge in [0.1, 0.15) is 6.04 Å². The molecule has 0 rings (SSSR count). The average Bonchev–Trinajstić information content (AvgIpc) is 2.03. The molecule has 5 nitrogen and oxygen atoms in total. The summed E-state index contributed by atoms with van der Waals surface area (Å²) in [4.78, 5) is 21.1. The fourth-order valence-electron chi connectivity index (χ4n) is 0.543. The number of carboxylic acid groups (broad SMARTS) is 1. The largest absolute Gasteiger partial charge is 0.480 e. The van der Waals surface area contributed by atoms with E-state index in [9.17, 15) is 9.59 Å². The lowest BCUT2D eigenvalue weighted by Gasteiger charge is -2.11. The molecule has 6 heteroatoms. The smallest absolute Gasteiger partial charge is 0.407 e. The molecule has 0 radical (unpaired) electrons. The molecule has 0 fully saturated rings. The van der Waals surface area contributed by atoms with Crippen LogP contribution >= 0.6 is 11.8 Å². The van der Waals surface area contributed by atoms with E-state index in [1.165, 1.54) is 18.9 Å². The molecule has 0 aromatic rings. The van der Waals surface area contributed by atoms with Crippen molar-refractivity contribution in [3.05, 3.63) is 0 Å². The molecule has 0 aromatic carbocycles. The average molecular weight is 193 g/mol. The van der Waals surface area contributed by atoms with E-state index in [4.69, 9.17) is 5.11 Å². The van der Waals surface area contributed by atoms with Gasteiger partial charge >= 0.3 is 12.1 Å². The zero-order valence-corrected chi connectivity index (χ0v) is 7.68. The minimum atomic E-state index is -1.06. The first-order chi connectivity index (χ1) is 5.61. The van der Waals surface area contributed by atoms with Crippen LogP contribution in [-0.4, -0.2) is 42.3 Å². The molecule has 0 aliphatic heterocycles. The number of carboxylic acids is 1. The summed E-state index contributed by atoms with van der Waals surface area (Å²) in [6, 6.07) is -0.882. The second-order valence-electron chi connectivity index (χ2n) is 1.98. The lowest BCUT2D eigenvalue weighted by molar-refractivity contribution is -0.138. The summed E-state index contributed by atoms with van der Waals surface area (Å²) < 4.78 is 4.25. The Morgan fingerprint density at radius 3 is 2.58 bits per heavy atom. The Bertz CT molecular complexity index is 171. The highest BCUT2D eigenvalue weighted by molar-refractivity contribution is 7.98. The van der Waals surface area contributed by atoms with E-state index < -0.39 is 18.1 Å². The summed E-state index contributed by atoms with van der Waals surface area (Å²) in [5.41, 5.74) is 0. The van der Waals surface area contributed by atoms with E-state index in [-0.39, 0.29) is 0 Å². The van der Waals surface area contributed by atoms with Crippen LogP contribution in [0.15, 0.2) is 0 Å². The van der Waals surface area contributed by atoms with Gasteiger partial charge in [-0.3, -0.25) is 0 Å². The summed E-state index contributed by atoms with van der Waals surface area (Å²) in [5.74, 6) is -0.737. The molecule has 0 spiro atoms. The normalized spacial score (nSPS) is 11.8. The van der Waals surface area contributed by atoms with Gasteiger partial charge in [-0.25, -0.2) is 9.59 Å². The number of rotatable bonds is 4. The fraction of sp³-hybridized carbons (Fsp3) is 0.667. The lowest BCUT2D eigenvalue weighted by Crippen LogP contribution is -2.42. The van der Waals surface area contributed by atoms with E-state index >= 15 is 0 Å². The van der Waals surface area contributed by atoms with Crippen LogP contribution in [0, 0.1) is 0 Å². The van der Waals surface area contributed by atoms with E-state index in [2.05, 4.69) is 10.1 Å². The van der Waals surface area contributed by atoms with Crippen LogP contribution in [0.25, 0.3) is 0 Å². The number of methoxy groups -OCH3 is 1. The lowest BCUT2D eigenvalue weighted by atomic mass is 10.3. The predicted molar refractivity (Wildman–Crippen MR) is 45.3 cm³/mol. The standard InChI is InChI=1S/C6H11NO4S/c1-11-6(10)7-4(3-12-2)5(8)9/h4H,3H2,1-2H3,(H,7,10)(H,8,9). The van der Waals surface area contributed by atoms with Crippen LogP contribution in [0.5, 0.6) is 0 Å². The van der Waals surface area contributed by atoms with Crippen molar-refractivity contribution in [2.45, 2.75) is 6.04 Å². The van der Waals surface area contributed by atoms with Crippen LogP contribution in [0.1, 0.15) is 0 Å². The third kappa shape index (κ3) is 4.07. The van der Waals surface area contributed by atoms with E-state index in [1.807, 2.05) is 0 Å². The number of amides is 1. The maximum atomic E-state index is 10.6. The molecule has 0 saturated carbocycles. The molecule has 0 aromatic heterocycles. The van der Waals surface area contributed by atoms with Gasteiger partial charge in [0.05, 0.1) is 7.11 Å². The van der Waals surface area contributed by atoms with Crippen LogP contribution in [0.3, 0.4) is 0 Å². The Morgan fingerprint density at radius 1 is 1.67 bits per heavy atom. The van der Waals surface area contributed by atoms with Crippen molar-refractivity contribution in [3.8, 4) is 0 Å². The van der Waals surface area contributed by atoms with E-state index in [1.54, 1.807) is 6.26 Å². The zero-order valence-electron chi connectivity index (χ0n) is 6.86. The SMILES string of the molecule is COC(=O)NC(CSC)C(=O)O. The summed E-state index contributed by atoms with van der Waals surface area (Å²) >= 11 is 1.34. The number of nitrogens with one attached hydrogen (secondary N) is 1. The molecule has 1 amide bonds. The minimum absolute atomic E-state index is 0.324. The van der Waals surface area contributed by atoms with Crippen LogP contribution in [0.4, 0.5) is 4.79 Å². The molecular weight excluding hydrogens is 182 g/mol. The Hall–Kier alpha value is -0.910. The third-order valence-electron chi connectivity index (χ3n) is 1.11. The van der Waals surface area contributed by atoms with Crippen LogP contribution in [0.2, 0.25) is 0 Å². The van der Waals surface area contributed by atoms with Crippen molar-refractivity contribution in [2.75, 3.05) is 19.1 Å². The minimum Gasteiger partial charge on any atom is -0.480 e. The fourth-order valence-corrected chi connectivity index (χ4v) is 1.10. The van der Waals surface area contributed by atoms with Gasteiger partial charge in [-0.15, -0.1) is 0 Å². The number of carbonyl (C=O) groups excluding carboxylic acids is 1. The molecule has 12 heavy (non-hydrogen) atoms. The van der Waals surface area contributed by atoms with Crippen molar-refractivity contribution >= 4 is 23.8 Å². The highest BCUT2D eigenvalue weighted by Crippen LogP contribution is 1.97. The molecule has 0 saturated heterocycles. The van der Waals surface area contributed by atoms with Crippen molar-refractivity contribution in [1.82, 2.24) is 5.32 Å². The van der Waals surface area contributed by atoms with E-state index in [0.717, 1.165) is 0 Å². The first kappa shape index (κ1) is 11.1. The molecule has 2 N–H and O–H groups in total. The van der Waals surface area contributed by atoms with Gasteiger partial charge in [-0.1, -0.05) is 0 Å². The Balaban J connectivity index is 3.95. The van der Waals surface area contributed by atoms with Crippen LogP contribution < -0.4 is 5.32 Å². The summed E-state index contributed by atoms with van der Waals surface area (Å²) in [6.45, 7) is 0. The molecular formula is C6H11NO4S. The van der Waals surface area contributed by atoms with Gasteiger partial charge in [0.25, 0.3) is 0 Å². The topological polar surface area (TPSA) is 75.6 Å². The zero-order chi connectivity index (χ0) is 9.56. The Morgan fingerprint density at radius 2 is 2.25 bits per heavy atom. The van der Waals surface area contributed by atoms with Gasteiger partial charge in [0, 0.05) is 5.75 Å². The van der Waals surface area contributed by atoms with Gasteiger partial charge in [0.15, 0.2) is 0 Å². The second kappa shape index (κ2) is 5.70. The van der Waals surface area contributed by atoms with E-state index in [0.29, 0.717) is 5.75 Å².